The molecule has 0 spiro atoms. The highest BCUT2D eigenvalue weighted by Crippen LogP contribution is 2.38. The first-order valence-electron chi connectivity index (χ1n) is 11.9. The van der Waals surface area contributed by atoms with E-state index in [-0.39, 0.29) is 6.54 Å². The van der Waals surface area contributed by atoms with Gasteiger partial charge in [-0.3, -0.25) is 9.59 Å². The number of carbonyl (C=O) groups is 2. The van der Waals surface area contributed by atoms with Crippen molar-refractivity contribution in [2.24, 2.45) is 0 Å². The molecule has 1 amide bonds. The van der Waals surface area contributed by atoms with Gasteiger partial charge in [0.15, 0.2) is 0 Å². The molecule has 0 fully saturated rings. The van der Waals surface area contributed by atoms with Crippen LogP contribution in [0.3, 0.4) is 0 Å². The number of ether oxygens (including phenoxy) is 1. The summed E-state index contributed by atoms with van der Waals surface area (Å²) in [6, 6.07) is 19.0. The van der Waals surface area contributed by atoms with Gasteiger partial charge in [0, 0.05) is 24.9 Å². The quantitative estimate of drug-likeness (QED) is 0.352. The molecular weight excluding hydrogens is 497 g/mol. The SMILES string of the molecule is CC(C)c1ccc(CC2(C)Cc3cc(C(=O)N(CC(=O)O)Cc4cccc(Cl)c4Cl)ccc3O2)cc1. The van der Waals surface area contributed by atoms with E-state index in [4.69, 9.17) is 27.9 Å². The molecule has 7 heteroatoms. The van der Waals surface area contributed by atoms with Gasteiger partial charge in [-0.1, -0.05) is 73.4 Å². The minimum Gasteiger partial charge on any atom is -0.487 e. The van der Waals surface area contributed by atoms with Crippen LogP contribution >= 0.6 is 23.2 Å². The Morgan fingerprint density at radius 3 is 2.47 bits per heavy atom. The number of aliphatic carboxylic acids is 1. The van der Waals surface area contributed by atoms with Crippen LogP contribution in [-0.4, -0.2) is 34.0 Å². The molecule has 1 aliphatic rings. The molecule has 0 aromatic heterocycles. The molecule has 1 N–H and O–H groups in total. The highest BCUT2D eigenvalue weighted by atomic mass is 35.5. The van der Waals surface area contributed by atoms with E-state index in [9.17, 15) is 14.7 Å². The summed E-state index contributed by atoms with van der Waals surface area (Å²) in [5.74, 6) is -0.278. The van der Waals surface area contributed by atoms with Crippen molar-refractivity contribution >= 4 is 35.1 Å². The third-order valence-electron chi connectivity index (χ3n) is 6.46. The van der Waals surface area contributed by atoms with Crippen LogP contribution < -0.4 is 4.74 Å². The maximum Gasteiger partial charge on any atom is 0.323 e. The number of carboxylic acids is 1. The number of hydrogen-bond donors (Lipinski definition) is 1. The first-order chi connectivity index (χ1) is 17.0. The zero-order valence-electron chi connectivity index (χ0n) is 20.6. The first kappa shape index (κ1) is 26.1. The molecule has 0 aliphatic carbocycles. The first-order valence-corrected chi connectivity index (χ1v) is 12.6. The number of nitrogens with zero attached hydrogens (tertiary/aromatic N) is 1. The van der Waals surface area contributed by atoms with Crippen molar-refractivity contribution in [2.45, 2.75) is 51.7 Å². The average molecular weight is 526 g/mol. The van der Waals surface area contributed by atoms with Gasteiger partial charge in [-0.2, -0.15) is 0 Å². The van der Waals surface area contributed by atoms with E-state index in [2.05, 4.69) is 45.0 Å². The van der Waals surface area contributed by atoms with Crippen LogP contribution in [0, 0.1) is 0 Å². The minimum atomic E-state index is -1.11. The number of benzene rings is 3. The van der Waals surface area contributed by atoms with E-state index in [1.165, 1.54) is 16.0 Å². The van der Waals surface area contributed by atoms with Crippen molar-refractivity contribution in [3.8, 4) is 5.75 Å². The topological polar surface area (TPSA) is 66.8 Å². The molecule has 0 radical (unpaired) electrons. The monoisotopic (exact) mass is 525 g/mol. The van der Waals surface area contributed by atoms with Crippen LogP contribution in [0.25, 0.3) is 0 Å². The summed E-state index contributed by atoms with van der Waals surface area (Å²) in [5, 5.41) is 10.1. The molecule has 0 saturated carbocycles. The molecule has 1 heterocycles. The largest absolute Gasteiger partial charge is 0.487 e. The second kappa shape index (κ2) is 10.5. The van der Waals surface area contributed by atoms with Gasteiger partial charge in [-0.25, -0.2) is 0 Å². The minimum absolute atomic E-state index is 0.0300. The number of hydrogen-bond acceptors (Lipinski definition) is 3. The standard InChI is InChI=1S/C29H29Cl2NO4/c1-18(2)20-9-7-19(8-10-20)14-29(3)15-23-13-21(11-12-25(23)36-29)28(35)32(17-26(33)34)16-22-5-4-6-24(30)27(22)31/h4-13,18H,14-17H2,1-3H3,(H,33,34). The van der Waals surface area contributed by atoms with Crippen molar-refractivity contribution in [1.82, 2.24) is 4.90 Å². The lowest BCUT2D eigenvalue weighted by atomic mass is 9.90. The van der Waals surface area contributed by atoms with Crippen LogP contribution in [0.15, 0.2) is 60.7 Å². The lowest BCUT2D eigenvalue weighted by molar-refractivity contribution is -0.137. The van der Waals surface area contributed by atoms with E-state index in [0.29, 0.717) is 33.5 Å². The van der Waals surface area contributed by atoms with Gasteiger partial charge >= 0.3 is 5.97 Å². The van der Waals surface area contributed by atoms with Crippen LogP contribution in [0.1, 0.15) is 59.3 Å². The maximum absolute atomic E-state index is 13.4. The Hall–Kier alpha value is -3.02. The summed E-state index contributed by atoms with van der Waals surface area (Å²) in [4.78, 5) is 26.1. The zero-order valence-corrected chi connectivity index (χ0v) is 22.1. The van der Waals surface area contributed by atoms with Gasteiger partial charge in [0.25, 0.3) is 5.91 Å². The van der Waals surface area contributed by atoms with Gasteiger partial charge < -0.3 is 14.7 Å². The summed E-state index contributed by atoms with van der Waals surface area (Å²) in [6.07, 6.45) is 1.39. The maximum atomic E-state index is 13.4. The summed E-state index contributed by atoms with van der Waals surface area (Å²) < 4.78 is 6.31. The molecular formula is C29H29Cl2NO4. The van der Waals surface area contributed by atoms with Crippen molar-refractivity contribution in [1.29, 1.82) is 0 Å². The lowest BCUT2D eigenvalue weighted by Crippen LogP contribution is -2.35. The Bertz CT molecular complexity index is 1290. The fourth-order valence-electron chi connectivity index (χ4n) is 4.63. The predicted molar refractivity (Wildman–Crippen MR) is 142 cm³/mol. The summed E-state index contributed by atoms with van der Waals surface area (Å²) in [5.41, 5.74) is 3.97. The van der Waals surface area contributed by atoms with Crippen molar-refractivity contribution in [3.05, 3.63) is 98.5 Å². The van der Waals surface area contributed by atoms with Crippen LogP contribution in [0.5, 0.6) is 5.75 Å². The second-order valence-corrected chi connectivity index (χ2v) is 10.7. The number of rotatable bonds is 8. The Kier molecular flexibility index (Phi) is 7.62. The molecule has 36 heavy (non-hydrogen) atoms. The fraction of sp³-hybridized carbons (Fsp3) is 0.310. The second-order valence-electron chi connectivity index (χ2n) is 9.89. The third kappa shape index (κ3) is 5.85. The molecule has 3 aromatic rings. The van der Waals surface area contributed by atoms with Crippen LogP contribution in [-0.2, 0) is 24.2 Å². The molecule has 188 valence electrons. The van der Waals surface area contributed by atoms with E-state index in [1.54, 1.807) is 36.4 Å². The number of amides is 1. The van der Waals surface area contributed by atoms with E-state index in [0.717, 1.165) is 17.7 Å². The summed E-state index contributed by atoms with van der Waals surface area (Å²) in [7, 11) is 0. The number of carbonyl (C=O) groups excluding carboxylic acids is 1. The van der Waals surface area contributed by atoms with Gasteiger partial charge in [0.05, 0.1) is 10.0 Å². The van der Waals surface area contributed by atoms with Gasteiger partial charge in [0.2, 0.25) is 0 Å². The van der Waals surface area contributed by atoms with Crippen LogP contribution in [0.2, 0.25) is 10.0 Å². The zero-order chi connectivity index (χ0) is 26.0. The predicted octanol–water partition coefficient (Wildman–Crippen LogP) is 6.78. The molecule has 5 nitrogen and oxygen atoms in total. The molecule has 4 rings (SSSR count). The van der Waals surface area contributed by atoms with Crippen molar-refractivity contribution in [2.75, 3.05) is 6.54 Å². The molecule has 1 atom stereocenters. The Morgan fingerprint density at radius 2 is 1.81 bits per heavy atom. The summed E-state index contributed by atoms with van der Waals surface area (Å²) >= 11 is 12.4. The Balaban J connectivity index is 1.52. The smallest absolute Gasteiger partial charge is 0.323 e. The third-order valence-corrected chi connectivity index (χ3v) is 7.32. The number of fused-ring (bicyclic) bond motifs is 1. The van der Waals surface area contributed by atoms with Gasteiger partial charge in [-0.15, -0.1) is 0 Å². The number of carboxylic acid groups (broad SMARTS) is 1. The molecule has 0 bridgehead atoms. The van der Waals surface area contributed by atoms with Crippen molar-refractivity contribution in [3.63, 3.8) is 0 Å². The molecule has 1 unspecified atom stereocenters. The van der Waals surface area contributed by atoms with Gasteiger partial charge in [0.1, 0.15) is 17.9 Å². The van der Waals surface area contributed by atoms with E-state index >= 15 is 0 Å². The highest BCUT2D eigenvalue weighted by Gasteiger charge is 2.35. The normalized spacial score (nSPS) is 16.5. The Labute approximate surface area is 221 Å². The summed E-state index contributed by atoms with van der Waals surface area (Å²) in [6.45, 7) is 5.99. The number of halogens is 2. The van der Waals surface area contributed by atoms with Gasteiger partial charge in [-0.05, 0) is 59.4 Å². The van der Waals surface area contributed by atoms with E-state index in [1.807, 2.05) is 0 Å². The fourth-order valence-corrected chi connectivity index (χ4v) is 5.01. The Morgan fingerprint density at radius 1 is 1.08 bits per heavy atom. The van der Waals surface area contributed by atoms with Crippen molar-refractivity contribution < 1.29 is 19.4 Å². The molecule has 3 aromatic carbocycles. The highest BCUT2D eigenvalue weighted by molar-refractivity contribution is 6.42. The molecule has 1 aliphatic heterocycles. The van der Waals surface area contributed by atoms with E-state index < -0.39 is 24.0 Å². The average Bonchev–Trinajstić information content (AvgIpc) is 3.15. The molecule has 0 saturated heterocycles. The van der Waals surface area contributed by atoms with Crippen LogP contribution in [0.4, 0.5) is 0 Å². The lowest BCUT2D eigenvalue weighted by Gasteiger charge is -2.24.